The fourth-order valence-electron chi connectivity index (χ4n) is 3.60. The molecular weight excluding hydrogens is 314 g/mol. The van der Waals surface area contributed by atoms with Crippen LogP contribution in [0.4, 0.5) is 0 Å². The first-order valence-corrected chi connectivity index (χ1v) is 9.09. The van der Waals surface area contributed by atoms with Crippen LogP contribution in [0.15, 0.2) is 36.4 Å². The number of rotatable bonds is 6. The van der Waals surface area contributed by atoms with Crippen molar-refractivity contribution in [3.05, 3.63) is 42.0 Å². The highest BCUT2D eigenvalue weighted by molar-refractivity contribution is 5.89. The lowest BCUT2D eigenvalue weighted by molar-refractivity contribution is -0.131. The van der Waals surface area contributed by atoms with E-state index < -0.39 is 5.97 Å². The Bertz CT molecular complexity index is 776. The van der Waals surface area contributed by atoms with Crippen LogP contribution in [0, 0.1) is 5.92 Å². The molecule has 4 heteroatoms. The summed E-state index contributed by atoms with van der Waals surface area (Å²) < 4.78 is 5.40. The Hall–Kier alpha value is -2.36. The quantitative estimate of drug-likeness (QED) is 0.598. The summed E-state index contributed by atoms with van der Waals surface area (Å²) in [6, 6.07) is 7.36. The number of carbonyl (C=O) groups excluding carboxylic acids is 1. The number of aromatic nitrogens is 1. The Kier molecular flexibility index (Phi) is 5.69. The lowest BCUT2D eigenvalue weighted by atomic mass is 10.0. The molecule has 25 heavy (non-hydrogen) atoms. The lowest BCUT2D eigenvalue weighted by Gasteiger charge is -2.12. The minimum absolute atomic E-state index is 0.0737. The van der Waals surface area contributed by atoms with Gasteiger partial charge in [0.05, 0.1) is 11.1 Å². The van der Waals surface area contributed by atoms with Gasteiger partial charge in [0.15, 0.2) is 0 Å². The van der Waals surface area contributed by atoms with Gasteiger partial charge in [0.1, 0.15) is 5.75 Å². The summed E-state index contributed by atoms with van der Waals surface area (Å²) in [6.07, 6.45) is 12.4. The fourth-order valence-corrected chi connectivity index (χ4v) is 3.60. The van der Waals surface area contributed by atoms with E-state index in [1.54, 1.807) is 6.07 Å². The highest BCUT2D eigenvalue weighted by atomic mass is 16.5. The van der Waals surface area contributed by atoms with Crippen LogP contribution in [-0.2, 0) is 11.2 Å². The first-order valence-electron chi connectivity index (χ1n) is 9.09. The molecule has 1 fully saturated rings. The molecule has 1 N–H and O–H groups in total. The van der Waals surface area contributed by atoms with Gasteiger partial charge in [0, 0.05) is 12.3 Å². The number of carbonyl (C=O) groups is 1. The molecule has 1 aromatic heterocycles. The average molecular weight is 339 g/mol. The number of benzene rings is 1. The first kappa shape index (κ1) is 17.5. The van der Waals surface area contributed by atoms with Crippen molar-refractivity contribution in [1.82, 2.24) is 4.98 Å². The van der Waals surface area contributed by atoms with Crippen LogP contribution in [0.5, 0.6) is 11.6 Å². The number of ether oxygens (including phenoxy) is 1. The molecule has 2 aromatic rings. The van der Waals surface area contributed by atoms with Crippen LogP contribution in [-0.4, -0.2) is 16.1 Å². The number of para-hydroxylation sites is 1. The molecule has 3 rings (SSSR count). The van der Waals surface area contributed by atoms with Crippen LogP contribution < -0.4 is 4.74 Å². The van der Waals surface area contributed by atoms with Gasteiger partial charge < -0.3 is 9.84 Å². The maximum atomic E-state index is 11.5. The highest BCUT2D eigenvalue weighted by Gasteiger charge is 2.17. The number of hydrogen-bond donors (Lipinski definition) is 1. The van der Waals surface area contributed by atoms with E-state index in [2.05, 4.69) is 11.1 Å². The summed E-state index contributed by atoms with van der Waals surface area (Å²) in [7, 11) is 0. The zero-order valence-corrected chi connectivity index (χ0v) is 14.7. The molecule has 1 aliphatic rings. The van der Waals surface area contributed by atoms with Crippen molar-refractivity contribution < 1.29 is 14.6 Å². The third kappa shape index (κ3) is 4.38. The van der Waals surface area contributed by atoms with E-state index in [9.17, 15) is 9.90 Å². The summed E-state index contributed by atoms with van der Waals surface area (Å²) in [5, 5.41) is 11.0. The molecule has 132 valence electrons. The summed E-state index contributed by atoms with van der Waals surface area (Å²) in [5.41, 5.74) is 1.18. The zero-order valence-electron chi connectivity index (χ0n) is 14.7. The molecule has 1 aliphatic carbocycles. The maximum absolute atomic E-state index is 11.5. The fraction of sp³-hybridized carbons (Fsp3) is 0.429. The van der Waals surface area contributed by atoms with Crippen LogP contribution in [0.1, 0.15) is 51.0 Å². The highest BCUT2D eigenvalue weighted by Crippen LogP contribution is 2.35. The summed E-state index contributed by atoms with van der Waals surface area (Å²) >= 11 is 0. The van der Waals surface area contributed by atoms with Gasteiger partial charge in [0.2, 0.25) is 5.88 Å². The Morgan fingerprint density at radius 3 is 2.80 bits per heavy atom. The monoisotopic (exact) mass is 339 g/mol. The van der Waals surface area contributed by atoms with Crippen molar-refractivity contribution in [2.45, 2.75) is 51.9 Å². The molecule has 0 aliphatic heterocycles. The van der Waals surface area contributed by atoms with E-state index >= 15 is 0 Å². The second-order valence-electron chi connectivity index (χ2n) is 6.76. The zero-order chi connectivity index (χ0) is 17.6. The third-order valence-electron chi connectivity index (χ3n) is 4.87. The molecule has 0 radical (unpaired) electrons. The SMILES string of the molecule is CC(=O)Oc1c(C/C=C/CCC2CCCC2)c(O)nc2ccccc12. The number of fused-ring (bicyclic) bond motifs is 1. The van der Waals surface area contributed by atoms with E-state index in [0.717, 1.165) is 17.7 Å². The summed E-state index contributed by atoms with van der Waals surface area (Å²) in [5.74, 6) is 0.811. The summed E-state index contributed by atoms with van der Waals surface area (Å²) in [6.45, 7) is 1.37. The average Bonchev–Trinajstić information content (AvgIpc) is 3.09. The molecular formula is C21H25NO3. The van der Waals surface area contributed by atoms with E-state index in [4.69, 9.17) is 4.74 Å². The predicted octanol–water partition coefficient (Wildman–Crippen LogP) is 4.93. The Morgan fingerprint density at radius 1 is 1.28 bits per heavy atom. The Labute approximate surface area is 148 Å². The van der Waals surface area contributed by atoms with E-state index in [1.807, 2.05) is 24.3 Å². The number of nitrogens with zero attached hydrogens (tertiary/aromatic N) is 1. The molecule has 1 heterocycles. The smallest absolute Gasteiger partial charge is 0.308 e. The Morgan fingerprint density at radius 2 is 2.04 bits per heavy atom. The first-order chi connectivity index (χ1) is 12.1. The topological polar surface area (TPSA) is 59.4 Å². The molecule has 0 saturated heterocycles. The van der Waals surface area contributed by atoms with Crippen molar-refractivity contribution in [2.24, 2.45) is 5.92 Å². The predicted molar refractivity (Wildman–Crippen MR) is 98.8 cm³/mol. The van der Waals surface area contributed by atoms with E-state index in [0.29, 0.717) is 23.3 Å². The molecule has 0 spiro atoms. The maximum Gasteiger partial charge on any atom is 0.308 e. The molecule has 0 unspecified atom stereocenters. The van der Waals surface area contributed by atoms with Crippen molar-refractivity contribution in [3.8, 4) is 11.6 Å². The molecule has 0 bridgehead atoms. The third-order valence-corrected chi connectivity index (χ3v) is 4.87. The van der Waals surface area contributed by atoms with Gasteiger partial charge in [-0.2, -0.15) is 0 Å². The standard InChI is InChI=1S/C21H25NO3/c1-15(23)25-20-17-12-7-8-14-19(17)22-21(24)18(20)13-4-2-3-9-16-10-5-6-11-16/h2,4,7-8,12,14,16H,3,5-6,9-11,13H2,1H3,(H,22,24)/b4-2+. The van der Waals surface area contributed by atoms with Gasteiger partial charge >= 0.3 is 5.97 Å². The second-order valence-corrected chi connectivity index (χ2v) is 6.76. The molecule has 0 atom stereocenters. The van der Waals surface area contributed by atoms with Crippen molar-refractivity contribution in [2.75, 3.05) is 0 Å². The van der Waals surface area contributed by atoms with E-state index in [-0.39, 0.29) is 5.88 Å². The minimum atomic E-state index is -0.401. The van der Waals surface area contributed by atoms with Crippen molar-refractivity contribution in [1.29, 1.82) is 0 Å². The van der Waals surface area contributed by atoms with Gasteiger partial charge in [-0.15, -0.1) is 0 Å². The van der Waals surface area contributed by atoms with Crippen LogP contribution in [0.25, 0.3) is 10.9 Å². The lowest BCUT2D eigenvalue weighted by Crippen LogP contribution is -2.05. The van der Waals surface area contributed by atoms with Crippen LogP contribution >= 0.6 is 0 Å². The minimum Gasteiger partial charge on any atom is -0.493 e. The van der Waals surface area contributed by atoms with E-state index in [1.165, 1.54) is 39.0 Å². The van der Waals surface area contributed by atoms with Crippen molar-refractivity contribution >= 4 is 16.9 Å². The number of esters is 1. The molecule has 1 saturated carbocycles. The number of hydrogen-bond acceptors (Lipinski definition) is 4. The molecule has 4 nitrogen and oxygen atoms in total. The Balaban J connectivity index is 1.76. The van der Waals surface area contributed by atoms with Gasteiger partial charge in [-0.05, 0) is 37.3 Å². The number of pyridine rings is 1. The molecule has 0 amide bonds. The van der Waals surface area contributed by atoms with Crippen LogP contribution in [0.2, 0.25) is 0 Å². The normalized spacial score (nSPS) is 15.2. The van der Waals surface area contributed by atoms with Crippen molar-refractivity contribution in [3.63, 3.8) is 0 Å². The van der Waals surface area contributed by atoms with Crippen LogP contribution in [0.3, 0.4) is 0 Å². The number of allylic oxidation sites excluding steroid dienone is 2. The van der Waals surface area contributed by atoms with Gasteiger partial charge in [-0.25, -0.2) is 4.98 Å². The second kappa shape index (κ2) is 8.15. The number of aromatic hydroxyl groups is 1. The van der Waals surface area contributed by atoms with Gasteiger partial charge in [0.25, 0.3) is 0 Å². The van der Waals surface area contributed by atoms with Gasteiger partial charge in [-0.3, -0.25) is 4.79 Å². The largest absolute Gasteiger partial charge is 0.493 e. The molecule has 1 aromatic carbocycles. The van der Waals surface area contributed by atoms with Gasteiger partial charge in [-0.1, -0.05) is 50.0 Å². The summed E-state index contributed by atoms with van der Waals surface area (Å²) in [4.78, 5) is 15.7.